The zero-order valence-electron chi connectivity index (χ0n) is 9.75. The maximum Gasteiger partial charge on any atom is 0.231 e. The summed E-state index contributed by atoms with van der Waals surface area (Å²) < 4.78 is 14.1. The normalized spacial score (nSPS) is 9.83. The van der Waals surface area contributed by atoms with Gasteiger partial charge in [-0.05, 0) is 30.5 Å². The van der Waals surface area contributed by atoms with Crippen LogP contribution in [0, 0.1) is 5.82 Å². The lowest BCUT2D eigenvalue weighted by molar-refractivity contribution is 0.0900. The van der Waals surface area contributed by atoms with Gasteiger partial charge in [0.15, 0.2) is 0 Å². The summed E-state index contributed by atoms with van der Waals surface area (Å²) in [5.74, 6) is -0.201. The second-order valence-corrected chi connectivity index (χ2v) is 3.84. The van der Waals surface area contributed by atoms with Gasteiger partial charge in [-0.2, -0.15) is 0 Å². The van der Waals surface area contributed by atoms with E-state index in [0.717, 1.165) is 18.4 Å². The van der Waals surface area contributed by atoms with Crippen LogP contribution < -0.4 is 0 Å². The number of carbonyl (C=O) groups excluding carboxylic acids is 1. The molecule has 0 spiro atoms. The summed E-state index contributed by atoms with van der Waals surface area (Å²) in [7, 11) is 0. The minimum Gasteiger partial charge on any atom is -0.276 e. The zero-order chi connectivity index (χ0) is 12.1. The minimum atomic E-state index is -0.233. The molecule has 96 valence electrons. The van der Waals surface area contributed by atoms with Crippen LogP contribution in [0.5, 0.6) is 0 Å². The van der Waals surface area contributed by atoms with Crippen molar-refractivity contribution < 1.29 is 9.18 Å². The van der Waals surface area contributed by atoms with Gasteiger partial charge in [0.05, 0.1) is 0 Å². The molecule has 18 heavy (non-hydrogen) atoms. The molecule has 2 aromatic rings. The van der Waals surface area contributed by atoms with Crippen molar-refractivity contribution in [2.24, 2.45) is 0 Å². The lowest BCUT2D eigenvalue weighted by atomic mass is 10.1. The van der Waals surface area contributed by atoms with E-state index >= 15 is 0 Å². The molecule has 3 nitrogen and oxygen atoms in total. The van der Waals surface area contributed by atoms with E-state index in [1.807, 2.05) is 0 Å². The summed E-state index contributed by atoms with van der Waals surface area (Å²) in [5.41, 5.74) is 1.05. The third-order valence-electron chi connectivity index (χ3n) is 2.56. The van der Waals surface area contributed by atoms with Crippen LogP contribution in [0.25, 0.3) is 0 Å². The van der Waals surface area contributed by atoms with Crippen LogP contribution in [-0.2, 0) is 6.42 Å². The summed E-state index contributed by atoms with van der Waals surface area (Å²) in [4.78, 5) is 15.4. The van der Waals surface area contributed by atoms with Crippen LogP contribution in [0.2, 0.25) is 0 Å². The van der Waals surface area contributed by atoms with Gasteiger partial charge in [-0.3, -0.25) is 9.36 Å². The van der Waals surface area contributed by atoms with Gasteiger partial charge in [-0.1, -0.05) is 12.1 Å². The van der Waals surface area contributed by atoms with E-state index in [1.165, 1.54) is 23.0 Å². The Morgan fingerprint density at radius 2 is 2.00 bits per heavy atom. The van der Waals surface area contributed by atoms with Crippen molar-refractivity contribution >= 4 is 18.3 Å². The van der Waals surface area contributed by atoms with Gasteiger partial charge in [0.2, 0.25) is 5.91 Å². The molecule has 0 fully saturated rings. The number of hydrogen-bond donors (Lipinski definition) is 0. The summed E-state index contributed by atoms with van der Waals surface area (Å²) >= 11 is 0. The molecule has 0 atom stereocenters. The molecular weight excluding hydrogens is 255 g/mol. The quantitative estimate of drug-likeness (QED) is 0.854. The first-order valence-electron chi connectivity index (χ1n) is 5.51. The third-order valence-corrected chi connectivity index (χ3v) is 2.56. The number of nitrogens with zero attached hydrogens (tertiary/aromatic N) is 2. The van der Waals surface area contributed by atoms with Crippen molar-refractivity contribution in [1.29, 1.82) is 0 Å². The molecule has 0 radical (unpaired) electrons. The first-order chi connectivity index (χ1) is 8.25. The molecule has 0 bridgehead atoms. The van der Waals surface area contributed by atoms with E-state index < -0.39 is 0 Å². The maximum absolute atomic E-state index is 12.7. The number of aryl methyl sites for hydroxylation is 1. The van der Waals surface area contributed by atoms with Gasteiger partial charge in [0, 0.05) is 18.8 Å². The second-order valence-electron chi connectivity index (χ2n) is 3.84. The molecule has 0 saturated carbocycles. The highest BCUT2D eigenvalue weighted by Gasteiger charge is 2.03. The molecule has 1 heterocycles. The highest BCUT2D eigenvalue weighted by Crippen LogP contribution is 2.07. The highest BCUT2D eigenvalue weighted by atomic mass is 35.5. The maximum atomic E-state index is 12.7. The Balaban J connectivity index is 0.00000162. The van der Waals surface area contributed by atoms with Crippen LogP contribution in [0.15, 0.2) is 43.0 Å². The predicted molar refractivity (Wildman–Crippen MR) is 69.4 cm³/mol. The molecule has 0 unspecified atom stereocenters. The summed E-state index contributed by atoms with van der Waals surface area (Å²) in [6.07, 6.45) is 6.72. The van der Waals surface area contributed by atoms with Gasteiger partial charge >= 0.3 is 0 Å². The highest BCUT2D eigenvalue weighted by molar-refractivity contribution is 5.85. The third kappa shape index (κ3) is 3.96. The largest absolute Gasteiger partial charge is 0.276 e. The predicted octanol–water partition coefficient (Wildman–Crippen LogP) is 3.11. The molecule has 5 heteroatoms. The lowest BCUT2D eigenvalue weighted by Gasteiger charge is -2.02. The summed E-state index contributed by atoms with van der Waals surface area (Å²) in [6.45, 7) is 0. The standard InChI is InChI=1S/C13H13FN2O.ClH/c14-12-6-4-11(5-7-12)2-1-3-13(17)16-9-8-15-10-16;/h4-10H,1-3H2;1H. The first kappa shape index (κ1) is 14.4. The van der Waals surface area contributed by atoms with Gasteiger partial charge in [0.1, 0.15) is 12.1 Å². The fourth-order valence-corrected chi connectivity index (χ4v) is 1.63. The molecule has 0 aliphatic rings. The number of rotatable bonds is 4. The Morgan fingerprint density at radius 1 is 1.28 bits per heavy atom. The molecule has 2 rings (SSSR count). The topological polar surface area (TPSA) is 34.9 Å². The van der Waals surface area contributed by atoms with Crippen LogP contribution in [0.4, 0.5) is 4.39 Å². The SMILES string of the molecule is Cl.O=C(CCCc1ccc(F)cc1)n1ccnc1. The lowest BCUT2D eigenvalue weighted by Crippen LogP contribution is -2.08. The smallest absolute Gasteiger partial charge is 0.231 e. The fourth-order valence-electron chi connectivity index (χ4n) is 1.63. The number of benzene rings is 1. The van der Waals surface area contributed by atoms with Crippen molar-refractivity contribution in [3.63, 3.8) is 0 Å². The zero-order valence-corrected chi connectivity index (χ0v) is 10.6. The Kier molecular flexibility index (Phi) is 5.52. The van der Waals surface area contributed by atoms with E-state index in [9.17, 15) is 9.18 Å². The Hall–Kier alpha value is -1.68. The Bertz CT molecular complexity index is 482. The van der Waals surface area contributed by atoms with Crippen LogP contribution in [-0.4, -0.2) is 15.5 Å². The van der Waals surface area contributed by atoms with Crippen molar-refractivity contribution in [3.05, 3.63) is 54.4 Å². The molecule has 0 N–H and O–H groups in total. The summed E-state index contributed by atoms with van der Waals surface area (Å²) in [6, 6.07) is 6.37. The van der Waals surface area contributed by atoms with Crippen molar-refractivity contribution in [2.75, 3.05) is 0 Å². The first-order valence-corrected chi connectivity index (χ1v) is 5.51. The fraction of sp³-hybridized carbons (Fsp3) is 0.231. The van der Waals surface area contributed by atoms with Gasteiger partial charge in [-0.15, -0.1) is 12.4 Å². The van der Waals surface area contributed by atoms with Crippen LogP contribution >= 0.6 is 12.4 Å². The van der Waals surface area contributed by atoms with Crippen LogP contribution in [0.3, 0.4) is 0 Å². The average Bonchev–Trinajstić information content (AvgIpc) is 2.85. The molecule has 0 amide bonds. The number of aromatic nitrogens is 2. The number of carbonyl (C=O) groups is 1. The van der Waals surface area contributed by atoms with Crippen molar-refractivity contribution in [2.45, 2.75) is 19.3 Å². The molecule has 1 aromatic heterocycles. The molecule has 0 aliphatic carbocycles. The van der Waals surface area contributed by atoms with Gasteiger partial charge in [0.25, 0.3) is 0 Å². The molecule has 1 aromatic carbocycles. The van der Waals surface area contributed by atoms with E-state index in [0.29, 0.717) is 6.42 Å². The minimum absolute atomic E-state index is 0. The van der Waals surface area contributed by atoms with E-state index in [-0.39, 0.29) is 24.1 Å². The number of hydrogen-bond acceptors (Lipinski definition) is 2. The molecular formula is C13H14ClFN2O. The van der Waals surface area contributed by atoms with Gasteiger partial charge in [-0.25, -0.2) is 9.37 Å². The number of halogens is 2. The molecule has 0 aliphatic heterocycles. The van der Waals surface area contributed by atoms with E-state index in [2.05, 4.69) is 4.98 Å². The average molecular weight is 269 g/mol. The second kappa shape index (κ2) is 6.91. The van der Waals surface area contributed by atoms with Crippen molar-refractivity contribution in [3.8, 4) is 0 Å². The molecule has 0 saturated heterocycles. The Labute approximate surface area is 111 Å². The van der Waals surface area contributed by atoms with Gasteiger partial charge < -0.3 is 0 Å². The monoisotopic (exact) mass is 268 g/mol. The summed E-state index contributed by atoms with van der Waals surface area (Å²) in [5, 5.41) is 0. The van der Waals surface area contributed by atoms with E-state index in [4.69, 9.17) is 0 Å². The number of imidazole rings is 1. The van der Waals surface area contributed by atoms with Crippen molar-refractivity contribution in [1.82, 2.24) is 9.55 Å². The van der Waals surface area contributed by atoms with E-state index in [1.54, 1.807) is 24.5 Å². The Morgan fingerprint density at radius 3 is 2.61 bits per heavy atom. The van der Waals surface area contributed by atoms with Crippen LogP contribution in [0.1, 0.15) is 23.2 Å².